The molecule has 0 aromatic carbocycles. The van der Waals surface area contributed by atoms with Crippen molar-refractivity contribution in [2.75, 3.05) is 13.7 Å². The summed E-state index contributed by atoms with van der Waals surface area (Å²) in [5, 5.41) is 3.79. The molecule has 0 saturated carbocycles. The minimum Gasteiger partial charge on any atom is -0.342 e. The van der Waals surface area contributed by atoms with Gasteiger partial charge in [0.2, 0.25) is 5.91 Å². The van der Waals surface area contributed by atoms with Crippen molar-refractivity contribution in [2.24, 2.45) is 5.41 Å². The van der Waals surface area contributed by atoms with Gasteiger partial charge in [-0.05, 0) is 0 Å². The maximum absolute atomic E-state index is 11.5. The van der Waals surface area contributed by atoms with Gasteiger partial charge < -0.3 is 5.32 Å². The summed E-state index contributed by atoms with van der Waals surface area (Å²) >= 11 is 0. The van der Waals surface area contributed by atoms with Crippen LogP contribution in [-0.4, -0.2) is 36.6 Å². The van der Waals surface area contributed by atoms with Crippen LogP contribution in [0.25, 0.3) is 0 Å². The highest BCUT2D eigenvalue weighted by molar-refractivity contribution is 5.89. The molecule has 5 heteroatoms. The van der Waals surface area contributed by atoms with Crippen LogP contribution < -0.4 is 5.32 Å². The third-order valence-corrected chi connectivity index (χ3v) is 2.03. The van der Waals surface area contributed by atoms with Crippen LogP contribution in [0.15, 0.2) is 0 Å². The Morgan fingerprint density at radius 1 is 1.57 bits per heavy atom. The first-order valence-corrected chi connectivity index (χ1v) is 4.54. The van der Waals surface area contributed by atoms with E-state index in [-0.39, 0.29) is 18.4 Å². The van der Waals surface area contributed by atoms with E-state index >= 15 is 0 Å². The summed E-state index contributed by atoms with van der Waals surface area (Å²) in [6.07, 6.45) is 0. The lowest BCUT2D eigenvalue weighted by Gasteiger charge is -2.19. The fourth-order valence-electron chi connectivity index (χ4n) is 1.02. The zero-order valence-electron chi connectivity index (χ0n) is 8.96. The quantitative estimate of drug-likeness (QED) is 0.644. The Morgan fingerprint density at radius 2 is 2.14 bits per heavy atom. The number of hydrogen-bond acceptors (Lipinski definition) is 3. The van der Waals surface area contributed by atoms with Crippen LogP contribution in [0.3, 0.4) is 0 Å². The van der Waals surface area contributed by atoms with Crippen molar-refractivity contribution < 1.29 is 14.4 Å². The van der Waals surface area contributed by atoms with Gasteiger partial charge in [0.1, 0.15) is 12.6 Å². The summed E-state index contributed by atoms with van der Waals surface area (Å²) in [5.41, 5.74) is -0.485. The monoisotopic (exact) mass is 200 g/mol. The summed E-state index contributed by atoms with van der Waals surface area (Å²) in [5.74, 6) is -0.350. The van der Waals surface area contributed by atoms with Crippen LogP contribution in [0.2, 0.25) is 0 Å². The van der Waals surface area contributed by atoms with E-state index in [9.17, 15) is 9.59 Å². The van der Waals surface area contributed by atoms with Gasteiger partial charge in [0.25, 0.3) is 5.91 Å². The number of nitrogens with zero attached hydrogens (tertiary/aromatic N) is 1. The summed E-state index contributed by atoms with van der Waals surface area (Å²) in [6.45, 7) is 5.61. The fourth-order valence-corrected chi connectivity index (χ4v) is 1.02. The van der Waals surface area contributed by atoms with Crippen molar-refractivity contribution in [3.05, 3.63) is 0 Å². The molecular weight excluding hydrogens is 184 g/mol. The first-order valence-electron chi connectivity index (χ1n) is 4.54. The van der Waals surface area contributed by atoms with E-state index in [1.807, 2.05) is 0 Å². The second kappa shape index (κ2) is 3.57. The summed E-state index contributed by atoms with van der Waals surface area (Å²) < 4.78 is 0. The molecule has 0 spiro atoms. The maximum Gasteiger partial charge on any atom is 0.270 e. The van der Waals surface area contributed by atoms with Crippen molar-refractivity contribution in [3.8, 4) is 0 Å². The number of carbonyl (C=O) groups excluding carboxylic acids is 2. The Hall–Kier alpha value is -1.10. The number of hydroxylamine groups is 2. The largest absolute Gasteiger partial charge is 0.342 e. The van der Waals surface area contributed by atoms with Crippen LogP contribution in [0.1, 0.15) is 20.8 Å². The zero-order valence-corrected chi connectivity index (χ0v) is 8.96. The van der Waals surface area contributed by atoms with Crippen molar-refractivity contribution >= 4 is 11.8 Å². The standard InChI is InChI=1S/C9H16N2O3/c1-9(2,3)8(13)10-6-5-14-11(4)7(6)12/h6H,5H2,1-4H3,(H,10,13)/t6-/m0/s1. The number of likely N-dealkylation sites (N-methyl/N-ethyl adjacent to an activating group) is 1. The van der Waals surface area contributed by atoms with E-state index in [1.54, 1.807) is 20.8 Å². The molecule has 1 N–H and O–H groups in total. The Kier molecular flexibility index (Phi) is 2.80. The topological polar surface area (TPSA) is 58.6 Å². The van der Waals surface area contributed by atoms with E-state index in [0.717, 1.165) is 5.06 Å². The van der Waals surface area contributed by atoms with Gasteiger partial charge in [-0.3, -0.25) is 14.4 Å². The second-order valence-corrected chi connectivity index (χ2v) is 4.41. The van der Waals surface area contributed by atoms with Crippen molar-refractivity contribution in [1.82, 2.24) is 10.4 Å². The fraction of sp³-hybridized carbons (Fsp3) is 0.778. The summed E-state index contributed by atoms with van der Waals surface area (Å²) in [7, 11) is 1.53. The van der Waals surface area contributed by atoms with Gasteiger partial charge in [-0.25, -0.2) is 5.06 Å². The molecule has 2 amide bonds. The molecule has 1 fully saturated rings. The Bertz CT molecular complexity index is 257. The third-order valence-electron chi connectivity index (χ3n) is 2.03. The van der Waals surface area contributed by atoms with Gasteiger partial charge in [0.05, 0.1) is 0 Å². The maximum atomic E-state index is 11.5. The molecule has 0 aromatic heterocycles. The number of carbonyl (C=O) groups is 2. The van der Waals surface area contributed by atoms with Crippen molar-refractivity contribution in [1.29, 1.82) is 0 Å². The molecule has 1 aliphatic rings. The van der Waals surface area contributed by atoms with E-state index in [2.05, 4.69) is 5.32 Å². The normalized spacial score (nSPS) is 22.7. The molecule has 0 aromatic rings. The van der Waals surface area contributed by atoms with Gasteiger partial charge >= 0.3 is 0 Å². The minimum atomic E-state index is -0.535. The molecule has 1 heterocycles. The van der Waals surface area contributed by atoms with Crippen LogP contribution in [-0.2, 0) is 14.4 Å². The molecule has 1 aliphatic heterocycles. The van der Waals surface area contributed by atoms with Gasteiger partial charge in [-0.1, -0.05) is 20.8 Å². The Labute approximate surface area is 83.4 Å². The van der Waals surface area contributed by atoms with Crippen LogP contribution in [0.4, 0.5) is 0 Å². The highest BCUT2D eigenvalue weighted by Crippen LogP contribution is 2.14. The second-order valence-electron chi connectivity index (χ2n) is 4.41. The predicted octanol–water partition coefficient (Wildman–Crippen LogP) is -0.0791. The molecule has 5 nitrogen and oxygen atoms in total. The molecule has 0 radical (unpaired) electrons. The molecule has 1 rings (SSSR count). The van der Waals surface area contributed by atoms with Crippen molar-refractivity contribution in [3.63, 3.8) is 0 Å². The molecule has 80 valence electrons. The number of hydrogen-bond donors (Lipinski definition) is 1. The Morgan fingerprint density at radius 3 is 2.50 bits per heavy atom. The van der Waals surface area contributed by atoms with Crippen molar-refractivity contribution in [2.45, 2.75) is 26.8 Å². The summed E-state index contributed by atoms with van der Waals surface area (Å²) in [4.78, 5) is 27.8. The first-order chi connectivity index (χ1) is 6.32. The minimum absolute atomic E-state index is 0.144. The van der Waals surface area contributed by atoms with E-state index in [4.69, 9.17) is 4.84 Å². The molecule has 0 bridgehead atoms. The smallest absolute Gasteiger partial charge is 0.270 e. The lowest BCUT2D eigenvalue weighted by molar-refractivity contribution is -0.155. The molecular formula is C9H16N2O3. The van der Waals surface area contributed by atoms with Gasteiger partial charge in [-0.15, -0.1) is 0 Å². The van der Waals surface area contributed by atoms with Crippen LogP contribution in [0, 0.1) is 5.41 Å². The van der Waals surface area contributed by atoms with Gasteiger partial charge in [0, 0.05) is 12.5 Å². The highest BCUT2D eigenvalue weighted by atomic mass is 16.7. The predicted molar refractivity (Wildman–Crippen MR) is 50.1 cm³/mol. The number of nitrogens with one attached hydrogen (secondary N) is 1. The van der Waals surface area contributed by atoms with Crippen LogP contribution >= 0.6 is 0 Å². The zero-order chi connectivity index (χ0) is 10.9. The van der Waals surface area contributed by atoms with Crippen LogP contribution in [0.5, 0.6) is 0 Å². The van der Waals surface area contributed by atoms with E-state index in [0.29, 0.717) is 0 Å². The summed E-state index contributed by atoms with van der Waals surface area (Å²) in [6, 6.07) is -0.535. The molecule has 1 saturated heterocycles. The van der Waals surface area contributed by atoms with E-state index in [1.165, 1.54) is 7.05 Å². The number of rotatable bonds is 1. The lowest BCUT2D eigenvalue weighted by Crippen LogP contribution is -2.46. The third kappa shape index (κ3) is 2.23. The molecule has 0 aliphatic carbocycles. The Balaban J connectivity index is 2.54. The molecule has 1 atom stereocenters. The average Bonchev–Trinajstić information content (AvgIpc) is 2.34. The van der Waals surface area contributed by atoms with Gasteiger partial charge in [0.15, 0.2) is 0 Å². The molecule has 0 unspecified atom stereocenters. The highest BCUT2D eigenvalue weighted by Gasteiger charge is 2.34. The first kappa shape index (κ1) is 11.0. The number of amides is 2. The van der Waals surface area contributed by atoms with E-state index < -0.39 is 11.5 Å². The average molecular weight is 200 g/mol. The van der Waals surface area contributed by atoms with Gasteiger partial charge in [-0.2, -0.15) is 0 Å². The lowest BCUT2D eigenvalue weighted by atomic mass is 9.95. The molecule has 14 heavy (non-hydrogen) atoms. The SMILES string of the molecule is CN1OC[C@H](NC(=O)C(C)(C)C)C1=O.